The molecule has 1 saturated heterocycles. The molecular weight excluding hydrogens is 312 g/mol. The summed E-state index contributed by atoms with van der Waals surface area (Å²) in [5.41, 5.74) is 0.125. The maximum absolute atomic E-state index is 12.1. The van der Waals surface area contributed by atoms with Gasteiger partial charge in [0.1, 0.15) is 0 Å². The molecule has 0 aromatic heterocycles. The van der Waals surface area contributed by atoms with Gasteiger partial charge in [-0.3, -0.25) is 0 Å². The van der Waals surface area contributed by atoms with Crippen LogP contribution in [0.3, 0.4) is 0 Å². The average molecular weight is 344 g/mol. The zero-order valence-corrected chi connectivity index (χ0v) is 16.2. The molecule has 24 heavy (non-hydrogen) atoms. The third-order valence-electron chi connectivity index (χ3n) is 3.80. The SMILES string of the molecule is CC(CC(=O)OOC(=O)C1(C(C)CC(C)(C)C)OO1)CC(C)(C)C. The van der Waals surface area contributed by atoms with Crippen molar-refractivity contribution in [1.82, 2.24) is 0 Å². The maximum atomic E-state index is 12.1. The lowest BCUT2D eigenvalue weighted by molar-refractivity contribution is -0.265. The van der Waals surface area contributed by atoms with Crippen molar-refractivity contribution in [3.63, 3.8) is 0 Å². The van der Waals surface area contributed by atoms with Crippen LogP contribution in [0.4, 0.5) is 0 Å². The fourth-order valence-corrected chi connectivity index (χ4v) is 3.11. The highest BCUT2D eigenvalue weighted by Crippen LogP contribution is 2.43. The van der Waals surface area contributed by atoms with E-state index < -0.39 is 17.7 Å². The van der Waals surface area contributed by atoms with Crippen molar-refractivity contribution in [3.05, 3.63) is 0 Å². The molecule has 0 N–H and O–H groups in total. The Morgan fingerprint density at radius 2 is 1.42 bits per heavy atom. The minimum Gasteiger partial charge on any atom is -0.247 e. The molecule has 0 spiro atoms. The molecule has 2 unspecified atom stereocenters. The van der Waals surface area contributed by atoms with E-state index in [-0.39, 0.29) is 29.1 Å². The fourth-order valence-electron chi connectivity index (χ4n) is 3.11. The van der Waals surface area contributed by atoms with E-state index in [1.165, 1.54) is 0 Å². The molecule has 2 atom stereocenters. The van der Waals surface area contributed by atoms with Gasteiger partial charge in [0.25, 0.3) is 0 Å². The number of rotatable bonds is 6. The Morgan fingerprint density at radius 1 is 0.917 bits per heavy atom. The Morgan fingerprint density at radius 3 is 1.83 bits per heavy atom. The molecule has 1 aliphatic rings. The van der Waals surface area contributed by atoms with Crippen LogP contribution >= 0.6 is 0 Å². The summed E-state index contributed by atoms with van der Waals surface area (Å²) < 4.78 is 0. The quantitative estimate of drug-likeness (QED) is 0.408. The lowest BCUT2D eigenvalue weighted by Gasteiger charge is -2.24. The van der Waals surface area contributed by atoms with Gasteiger partial charge in [0.2, 0.25) is 0 Å². The molecule has 1 rings (SSSR count). The maximum Gasteiger partial charge on any atom is 0.420 e. The van der Waals surface area contributed by atoms with E-state index in [0.29, 0.717) is 6.42 Å². The fraction of sp³-hybridized carbons (Fsp3) is 0.889. The molecule has 0 aromatic carbocycles. The van der Waals surface area contributed by atoms with Crippen molar-refractivity contribution in [1.29, 1.82) is 0 Å². The summed E-state index contributed by atoms with van der Waals surface area (Å²) >= 11 is 0. The molecule has 1 aliphatic heterocycles. The van der Waals surface area contributed by atoms with E-state index in [0.717, 1.165) is 6.42 Å². The smallest absolute Gasteiger partial charge is 0.247 e. The first kappa shape index (κ1) is 20.9. The van der Waals surface area contributed by atoms with Gasteiger partial charge >= 0.3 is 17.7 Å². The minimum absolute atomic E-state index is 0.00106. The highest BCUT2D eigenvalue weighted by molar-refractivity contribution is 5.80. The van der Waals surface area contributed by atoms with Gasteiger partial charge in [-0.2, -0.15) is 9.78 Å². The summed E-state index contributed by atoms with van der Waals surface area (Å²) in [6.07, 6.45) is 1.75. The monoisotopic (exact) mass is 344 g/mol. The van der Waals surface area contributed by atoms with Crippen LogP contribution in [0.5, 0.6) is 0 Å². The Balaban J connectivity index is 2.44. The van der Waals surface area contributed by atoms with Gasteiger partial charge in [-0.15, -0.1) is 0 Å². The summed E-state index contributed by atoms with van der Waals surface area (Å²) in [4.78, 5) is 43.0. The van der Waals surface area contributed by atoms with Crippen LogP contribution in [-0.2, 0) is 29.1 Å². The number of hydrogen-bond acceptors (Lipinski definition) is 6. The van der Waals surface area contributed by atoms with Crippen molar-refractivity contribution in [2.24, 2.45) is 22.7 Å². The third-order valence-corrected chi connectivity index (χ3v) is 3.80. The van der Waals surface area contributed by atoms with E-state index in [4.69, 9.17) is 9.78 Å². The van der Waals surface area contributed by atoms with E-state index in [1.54, 1.807) is 0 Å². The Bertz CT molecular complexity index is 453. The highest BCUT2D eigenvalue weighted by atomic mass is 17.4. The number of hydrogen-bond donors (Lipinski definition) is 0. The molecule has 0 radical (unpaired) electrons. The Kier molecular flexibility index (Phi) is 6.44. The van der Waals surface area contributed by atoms with Crippen LogP contribution in [0.15, 0.2) is 0 Å². The van der Waals surface area contributed by atoms with Crippen LogP contribution in [0.2, 0.25) is 0 Å². The minimum atomic E-state index is -1.45. The molecule has 1 heterocycles. The zero-order chi connectivity index (χ0) is 18.8. The molecule has 0 aromatic rings. The lowest BCUT2D eigenvalue weighted by atomic mass is 9.82. The molecule has 0 aliphatic carbocycles. The molecular formula is C18H32O6. The van der Waals surface area contributed by atoms with E-state index >= 15 is 0 Å². The summed E-state index contributed by atoms with van der Waals surface area (Å²) in [5.74, 6) is -2.93. The molecule has 0 saturated carbocycles. The van der Waals surface area contributed by atoms with Gasteiger partial charge in [-0.1, -0.05) is 55.4 Å². The van der Waals surface area contributed by atoms with Crippen molar-refractivity contribution in [2.45, 2.75) is 80.4 Å². The van der Waals surface area contributed by atoms with Crippen molar-refractivity contribution in [2.75, 3.05) is 0 Å². The largest absolute Gasteiger partial charge is 0.420 e. The summed E-state index contributed by atoms with van der Waals surface area (Å²) in [5, 5.41) is 0. The van der Waals surface area contributed by atoms with Crippen LogP contribution in [0, 0.1) is 22.7 Å². The molecule has 140 valence electrons. The summed E-state index contributed by atoms with van der Waals surface area (Å²) in [7, 11) is 0. The van der Waals surface area contributed by atoms with Crippen molar-refractivity contribution in [3.8, 4) is 0 Å². The second kappa shape index (κ2) is 7.40. The summed E-state index contributed by atoms with van der Waals surface area (Å²) in [6, 6.07) is 0. The van der Waals surface area contributed by atoms with Gasteiger partial charge in [-0.05, 0) is 29.6 Å². The van der Waals surface area contributed by atoms with Gasteiger partial charge < -0.3 is 0 Å². The normalized spacial score (nSPS) is 19.3. The highest BCUT2D eigenvalue weighted by Gasteiger charge is 2.64. The molecule has 0 bridgehead atoms. The van der Waals surface area contributed by atoms with Crippen LogP contribution in [-0.4, -0.2) is 17.7 Å². The zero-order valence-electron chi connectivity index (χ0n) is 16.2. The van der Waals surface area contributed by atoms with Gasteiger partial charge in [0.15, 0.2) is 0 Å². The van der Waals surface area contributed by atoms with E-state index in [1.807, 2.05) is 13.8 Å². The van der Waals surface area contributed by atoms with Crippen molar-refractivity contribution >= 4 is 11.9 Å². The Hall–Kier alpha value is -1.14. The molecule has 1 fully saturated rings. The standard InChI is InChI=1S/C18H32O6/c1-12(10-16(3,4)5)9-14(19)21-22-15(20)18(23-24-18)13(2)11-17(6,7)8/h12-13H,9-11H2,1-8H3. The lowest BCUT2D eigenvalue weighted by Crippen LogP contribution is -2.36. The van der Waals surface area contributed by atoms with Gasteiger partial charge in [-0.25, -0.2) is 19.4 Å². The first-order valence-electron chi connectivity index (χ1n) is 8.54. The first-order valence-corrected chi connectivity index (χ1v) is 8.54. The van der Waals surface area contributed by atoms with Gasteiger partial charge in [0.05, 0.1) is 6.42 Å². The predicted octanol–water partition coefficient (Wildman–Crippen LogP) is 4.18. The Labute approximate surface area is 145 Å². The third kappa shape index (κ3) is 6.77. The van der Waals surface area contributed by atoms with E-state index in [2.05, 4.69) is 51.3 Å². The van der Waals surface area contributed by atoms with Crippen LogP contribution in [0.1, 0.15) is 74.7 Å². The second-order valence-corrected chi connectivity index (χ2v) is 9.40. The molecule has 0 amide bonds. The van der Waals surface area contributed by atoms with Gasteiger partial charge in [0, 0.05) is 5.92 Å². The average Bonchev–Trinajstić information content (AvgIpc) is 3.12. The first-order chi connectivity index (χ1) is 10.8. The van der Waals surface area contributed by atoms with Crippen LogP contribution in [0.25, 0.3) is 0 Å². The van der Waals surface area contributed by atoms with Crippen molar-refractivity contribution < 1.29 is 29.1 Å². The molecule has 6 heteroatoms. The second-order valence-electron chi connectivity index (χ2n) is 9.40. The molecule has 6 nitrogen and oxygen atoms in total. The number of carbonyl (C=O) groups is 2. The number of carbonyl (C=O) groups excluding carboxylic acids is 2. The topological polar surface area (TPSA) is 77.7 Å². The summed E-state index contributed by atoms with van der Waals surface area (Å²) in [6.45, 7) is 16.3. The van der Waals surface area contributed by atoms with E-state index in [9.17, 15) is 9.59 Å². The predicted molar refractivity (Wildman–Crippen MR) is 88.2 cm³/mol. The van der Waals surface area contributed by atoms with Crippen LogP contribution < -0.4 is 0 Å².